The van der Waals surface area contributed by atoms with Gasteiger partial charge in [0.15, 0.2) is 0 Å². The normalized spacial score (nSPS) is 10.6. The molecule has 0 saturated carbocycles. The van der Waals surface area contributed by atoms with E-state index in [1.54, 1.807) is 0 Å². The molecular weight excluding hydrogens is 307 g/mol. The van der Waals surface area contributed by atoms with Gasteiger partial charge in [0, 0.05) is 5.92 Å². The lowest BCUT2D eigenvalue weighted by atomic mass is 9.85. The minimum atomic E-state index is 0. The first-order valence-electron chi connectivity index (χ1n) is 7.86. The van der Waals surface area contributed by atoms with E-state index in [0.717, 1.165) is 0 Å². The number of hydrogen-bond acceptors (Lipinski definition) is 0. The van der Waals surface area contributed by atoms with Crippen molar-refractivity contribution in [2.24, 2.45) is 0 Å². The average molecular weight is 335 g/mol. The summed E-state index contributed by atoms with van der Waals surface area (Å²) in [5, 5.41) is 0. The zero-order valence-electron chi connectivity index (χ0n) is 14.1. The fourth-order valence-corrected chi connectivity index (χ4v) is 3.51. The van der Waals surface area contributed by atoms with Crippen molar-refractivity contribution in [1.29, 1.82) is 0 Å². The van der Waals surface area contributed by atoms with Gasteiger partial charge in [-0.1, -0.05) is 58.7 Å². The van der Waals surface area contributed by atoms with Gasteiger partial charge in [-0.25, -0.2) is 0 Å². The van der Waals surface area contributed by atoms with Crippen LogP contribution in [0.25, 0.3) is 0 Å². The quantitative estimate of drug-likeness (QED) is 0.577. The van der Waals surface area contributed by atoms with Crippen LogP contribution in [0.1, 0.15) is 52.1 Å². The van der Waals surface area contributed by atoms with E-state index in [1.807, 2.05) is 0 Å². The summed E-state index contributed by atoms with van der Waals surface area (Å²) in [6.45, 7) is 8.80. The van der Waals surface area contributed by atoms with Gasteiger partial charge in [0.1, 0.15) is 0 Å². The summed E-state index contributed by atoms with van der Waals surface area (Å²) in [7, 11) is 2.86. The van der Waals surface area contributed by atoms with Crippen LogP contribution >= 0.6 is 21.6 Å². The number of aryl methyl sites for hydroxylation is 4. The molecule has 0 spiro atoms. The van der Waals surface area contributed by atoms with Crippen molar-refractivity contribution in [3.63, 3.8) is 0 Å². The second-order valence-corrected chi connectivity index (χ2v) is 6.90. The molecule has 2 aromatic carbocycles. The Morgan fingerprint density at radius 3 is 1.41 bits per heavy atom. The van der Waals surface area contributed by atoms with Crippen LogP contribution in [0.5, 0.6) is 0 Å². The maximum Gasteiger partial charge on any atom is 0.00898 e. The minimum absolute atomic E-state index is 0. The molecule has 0 radical (unpaired) electrons. The lowest BCUT2D eigenvalue weighted by Gasteiger charge is -2.20. The molecule has 0 saturated heterocycles. The van der Waals surface area contributed by atoms with Gasteiger partial charge in [0.05, 0.1) is 0 Å². The molecule has 0 aliphatic heterocycles. The Hall–Kier alpha value is -0.840. The fraction of sp³-hybridized carbons (Fsp3) is 0.400. The summed E-state index contributed by atoms with van der Waals surface area (Å²) < 4.78 is 0. The van der Waals surface area contributed by atoms with Crippen LogP contribution < -0.4 is 0 Å². The number of halogens is 1. The van der Waals surface area contributed by atoms with E-state index in [4.69, 9.17) is 0 Å². The van der Waals surface area contributed by atoms with Crippen LogP contribution in [0.2, 0.25) is 0 Å². The van der Waals surface area contributed by atoms with Gasteiger partial charge < -0.3 is 0 Å². The predicted molar refractivity (Wildman–Crippen MR) is 105 cm³/mol. The summed E-state index contributed by atoms with van der Waals surface area (Å²) in [4.78, 5) is 0. The third kappa shape index (κ3) is 5.11. The lowest BCUT2D eigenvalue weighted by molar-refractivity contribution is 0.701. The summed E-state index contributed by atoms with van der Waals surface area (Å²) in [5.74, 6) is 0.516. The first-order chi connectivity index (χ1) is 9.99. The Kier molecular flexibility index (Phi) is 7.60. The third-order valence-corrected chi connectivity index (χ3v) is 4.40. The highest BCUT2D eigenvalue weighted by Crippen LogP contribution is 2.32. The Bertz CT molecular complexity index is 527. The van der Waals surface area contributed by atoms with Crippen molar-refractivity contribution in [3.8, 4) is 0 Å². The molecule has 22 heavy (non-hydrogen) atoms. The van der Waals surface area contributed by atoms with E-state index >= 15 is 0 Å². The van der Waals surface area contributed by atoms with E-state index in [1.165, 1.54) is 52.4 Å². The van der Waals surface area contributed by atoms with Crippen molar-refractivity contribution in [2.45, 2.75) is 46.5 Å². The topological polar surface area (TPSA) is 0 Å². The minimum Gasteiger partial charge on any atom is -0.147 e. The highest BCUT2D eigenvalue weighted by Gasteiger charge is 2.15. The first kappa shape index (κ1) is 19.2. The SMILES string of the molecule is Cc1cc(C)cc(C(CCCP)c2cc(C)cc(C)c2)c1.Cl. The smallest absolute Gasteiger partial charge is 0.00898 e. The van der Waals surface area contributed by atoms with Crippen LogP contribution in [0.15, 0.2) is 36.4 Å². The van der Waals surface area contributed by atoms with Gasteiger partial charge in [0.25, 0.3) is 0 Å². The van der Waals surface area contributed by atoms with E-state index in [-0.39, 0.29) is 12.4 Å². The molecule has 0 aliphatic carbocycles. The molecule has 0 fully saturated rings. The monoisotopic (exact) mass is 334 g/mol. The molecule has 0 aliphatic rings. The molecule has 0 amide bonds. The Balaban J connectivity index is 0.00000242. The molecule has 0 N–H and O–H groups in total. The first-order valence-corrected chi connectivity index (χ1v) is 8.67. The van der Waals surface area contributed by atoms with E-state index in [9.17, 15) is 0 Å². The van der Waals surface area contributed by atoms with Gasteiger partial charge in [-0.05, 0) is 57.8 Å². The van der Waals surface area contributed by atoms with Gasteiger partial charge in [-0.15, -0.1) is 21.6 Å². The van der Waals surface area contributed by atoms with Crippen LogP contribution in [0.3, 0.4) is 0 Å². The maximum atomic E-state index is 2.86. The fourth-order valence-electron chi connectivity index (χ4n) is 3.27. The van der Waals surface area contributed by atoms with Crippen LogP contribution in [-0.2, 0) is 0 Å². The molecule has 0 heterocycles. The molecule has 2 aromatic rings. The van der Waals surface area contributed by atoms with E-state index in [2.05, 4.69) is 73.3 Å². The van der Waals surface area contributed by atoms with E-state index in [0.29, 0.717) is 5.92 Å². The van der Waals surface area contributed by atoms with Gasteiger partial charge in [-0.2, -0.15) is 0 Å². The second-order valence-electron chi connectivity index (χ2n) is 6.33. The lowest BCUT2D eigenvalue weighted by Crippen LogP contribution is -2.04. The van der Waals surface area contributed by atoms with Crippen molar-refractivity contribution in [1.82, 2.24) is 0 Å². The number of hydrogen-bond donors (Lipinski definition) is 0. The van der Waals surface area contributed by atoms with Crippen LogP contribution in [-0.4, -0.2) is 6.16 Å². The average Bonchev–Trinajstić information content (AvgIpc) is 2.37. The zero-order chi connectivity index (χ0) is 15.4. The highest BCUT2D eigenvalue weighted by atomic mass is 35.5. The third-order valence-electron chi connectivity index (χ3n) is 3.99. The zero-order valence-corrected chi connectivity index (χ0v) is 16.1. The summed E-state index contributed by atoms with van der Waals surface area (Å²) in [5.41, 5.74) is 8.40. The molecule has 1 atom stereocenters. The molecule has 0 aromatic heterocycles. The van der Waals surface area contributed by atoms with Crippen LogP contribution in [0, 0.1) is 27.7 Å². The molecular formula is C20H28ClP. The van der Waals surface area contributed by atoms with Gasteiger partial charge >= 0.3 is 0 Å². The molecule has 2 rings (SSSR count). The molecule has 2 heteroatoms. The van der Waals surface area contributed by atoms with Crippen molar-refractivity contribution in [3.05, 3.63) is 69.8 Å². The Morgan fingerprint density at radius 2 is 1.09 bits per heavy atom. The highest BCUT2D eigenvalue weighted by molar-refractivity contribution is 7.16. The van der Waals surface area contributed by atoms with Crippen LogP contribution in [0.4, 0.5) is 0 Å². The van der Waals surface area contributed by atoms with Gasteiger partial charge in [0.2, 0.25) is 0 Å². The predicted octanol–water partition coefficient (Wildman–Crippen LogP) is 6.13. The number of benzene rings is 2. The molecule has 1 unspecified atom stereocenters. The Morgan fingerprint density at radius 1 is 0.727 bits per heavy atom. The summed E-state index contributed by atoms with van der Waals surface area (Å²) in [6, 6.07) is 14.0. The maximum absolute atomic E-state index is 2.86. The van der Waals surface area contributed by atoms with Crippen molar-refractivity contribution in [2.75, 3.05) is 6.16 Å². The molecule has 120 valence electrons. The van der Waals surface area contributed by atoms with Crippen molar-refractivity contribution < 1.29 is 0 Å². The molecule has 0 bridgehead atoms. The van der Waals surface area contributed by atoms with Crippen molar-refractivity contribution >= 4 is 21.6 Å². The summed E-state index contributed by atoms with van der Waals surface area (Å²) in [6.07, 6.45) is 3.64. The van der Waals surface area contributed by atoms with Gasteiger partial charge in [-0.3, -0.25) is 0 Å². The Labute approximate surface area is 144 Å². The number of rotatable bonds is 5. The standard InChI is InChI=1S/C20H27P.ClH/c1-14-8-15(2)11-18(10-14)20(6-5-7-21)19-12-16(3)9-17(4)13-19;/h8-13,20H,5-7,21H2,1-4H3;1H. The second kappa shape index (κ2) is 8.70. The van der Waals surface area contributed by atoms with E-state index < -0.39 is 0 Å². The molecule has 0 nitrogen and oxygen atoms in total. The largest absolute Gasteiger partial charge is 0.147 e. The summed E-state index contributed by atoms with van der Waals surface area (Å²) >= 11 is 0.